The van der Waals surface area contributed by atoms with Crippen LogP contribution in [0.25, 0.3) is 0 Å². The number of hydrogen-bond donors (Lipinski definition) is 2. The zero-order valence-corrected chi connectivity index (χ0v) is 23.8. The molecule has 8 heteroatoms. The zero-order valence-electron chi connectivity index (χ0n) is 23.8. The molecule has 4 rings (SSSR count). The van der Waals surface area contributed by atoms with Crippen LogP contribution >= 0.6 is 0 Å². The van der Waals surface area contributed by atoms with Crippen molar-refractivity contribution in [3.05, 3.63) is 119 Å². The van der Waals surface area contributed by atoms with E-state index in [4.69, 9.17) is 4.74 Å². The molecule has 4 aromatic rings. The smallest absolute Gasteiger partial charge is 0.253 e. The van der Waals surface area contributed by atoms with Crippen LogP contribution in [0.2, 0.25) is 0 Å². The Morgan fingerprint density at radius 1 is 0.925 bits per heavy atom. The summed E-state index contributed by atoms with van der Waals surface area (Å²) in [6.07, 6.45) is 2.63. The Labute approximate surface area is 237 Å². The van der Waals surface area contributed by atoms with Crippen LogP contribution in [-0.4, -0.2) is 53.7 Å². The van der Waals surface area contributed by atoms with Crippen molar-refractivity contribution in [3.8, 4) is 5.75 Å². The third-order valence-electron chi connectivity index (χ3n) is 6.11. The molecule has 1 heterocycles. The second kappa shape index (κ2) is 15.9. The molecular formula is C32H39N5O3. The van der Waals surface area contributed by atoms with Gasteiger partial charge in [-0.2, -0.15) is 5.10 Å². The van der Waals surface area contributed by atoms with Gasteiger partial charge in [-0.15, -0.1) is 0 Å². The number of aromatic nitrogens is 2. The van der Waals surface area contributed by atoms with Crippen LogP contribution in [0.1, 0.15) is 44.0 Å². The fourth-order valence-corrected chi connectivity index (χ4v) is 3.94. The van der Waals surface area contributed by atoms with Crippen molar-refractivity contribution in [2.75, 3.05) is 27.2 Å². The lowest BCUT2D eigenvalue weighted by molar-refractivity contribution is 0.0783. The maximum atomic E-state index is 12.8. The van der Waals surface area contributed by atoms with Crippen LogP contribution in [0.5, 0.6) is 5.75 Å². The molecule has 0 unspecified atom stereocenters. The molecule has 0 spiro atoms. The van der Waals surface area contributed by atoms with E-state index in [0.717, 1.165) is 36.5 Å². The number of hydrogen-bond acceptors (Lipinski definition) is 5. The van der Waals surface area contributed by atoms with Gasteiger partial charge in [0.2, 0.25) is 0 Å². The predicted molar refractivity (Wildman–Crippen MR) is 158 cm³/mol. The molecule has 0 aliphatic heterocycles. The quantitative estimate of drug-likeness (QED) is 0.271. The molecule has 210 valence electrons. The Morgan fingerprint density at radius 2 is 1.68 bits per heavy atom. The summed E-state index contributed by atoms with van der Waals surface area (Å²) < 4.78 is 6.93. The monoisotopic (exact) mass is 541 g/mol. The highest BCUT2D eigenvalue weighted by atomic mass is 16.5. The number of benzene rings is 3. The highest BCUT2D eigenvalue weighted by Gasteiger charge is 2.15. The molecule has 3 aromatic carbocycles. The van der Waals surface area contributed by atoms with Crippen LogP contribution in [0.15, 0.2) is 91.1 Å². The van der Waals surface area contributed by atoms with Gasteiger partial charge in [-0.1, -0.05) is 54.1 Å². The minimum Gasteiger partial charge on any atom is -0.497 e. The number of carbonyl (C=O) groups is 2. The van der Waals surface area contributed by atoms with E-state index < -0.39 is 0 Å². The van der Waals surface area contributed by atoms with E-state index in [1.54, 1.807) is 48.0 Å². The fraction of sp³-hybridized carbons (Fsp3) is 0.281. The first-order valence-corrected chi connectivity index (χ1v) is 13.3. The third kappa shape index (κ3) is 10.0. The summed E-state index contributed by atoms with van der Waals surface area (Å²) in [5, 5.41) is 10.6. The van der Waals surface area contributed by atoms with Crippen molar-refractivity contribution in [1.29, 1.82) is 0 Å². The average molecular weight is 542 g/mol. The standard InChI is InChI=1S/C25H31N5O3.C7H8/c1-29(18-22-11-14-30(2)28-22)25(32)21-9-5-8-20(16-21)24(31)27-13-6-12-26-17-19-7-4-10-23(15-19)33-3;1-7-5-3-2-4-6-7/h4-5,7-11,14-16,26H,6,12-13,17-18H2,1-3H3,(H,27,31);2-6H,1H3. The van der Waals surface area contributed by atoms with E-state index in [2.05, 4.69) is 34.8 Å². The second-order valence-electron chi connectivity index (χ2n) is 9.52. The van der Waals surface area contributed by atoms with Crippen molar-refractivity contribution in [1.82, 2.24) is 25.3 Å². The van der Waals surface area contributed by atoms with E-state index in [9.17, 15) is 9.59 Å². The van der Waals surface area contributed by atoms with Gasteiger partial charge in [0, 0.05) is 44.5 Å². The molecule has 0 aliphatic carbocycles. The first-order valence-electron chi connectivity index (χ1n) is 13.3. The summed E-state index contributed by atoms with van der Waals surface area (Å²) in [6.45, 7) is 4.54. The van der Waals surface area contributed by atoms with Crippen LogP contribution < -0.4 is 15.4 Å². The minimum absolute atomic E-state index is 0.156. The Kier molecular flexibility index (Phi) is 11.9. The van der Waals surface area contributed by atoms with E-state index in [1.165, 1.54) is 5.56 Å². The van der Waals surface area contributed by atoms with Crippen molar-refractivity contribution in [2.24, 2.45) is 7.05 Å². The number of ether oxygens (including phenoxy) is 1. The Bertz CT molecular complexity index is 1350. The van der Waals surface area contributed by atoms with Gasteiger partial charge in [-0.05, 0) is 61.9 Å². The maximum Gasteiger partial charge on any atom is 0.253 e. The molecule has 0 bridgehead atoms. The van der Waals surface area contributed by atoms with Gasteiger partial charge < -0.3 is 20.3 Å². The van der Waals surface area contributed by atoms with Crippen LogP contribution in [0.3, 0.4) is 0 Å². The summed E-state index contributed by atoms with van der Waals surface area (Å²) in [7, 11) is 5.22. The minimum atomic E-state index is -0.190. The highest BCUT2D eigenvalue weighted by Crippen LogP contribution is 2.12. The molecule has 2 amide bonds. The summed E-state index contributed by atoms with van der Waals surface area (Å²) >= 11 is 0. The molecule has 0 saturated carbocycles. The Balaban J connectivity index is 0.000000547. The molecule has 0 fully saturated rings. The molecule has 8 nitrogen and oxygen atoms in total. The highest BCUT2D eigenvalue weighted by molar-refractivity contribution is 5.99. The van der Waals surface area contributed by atoms with Gasteiger partial charge in [-0.25, -0.2) is 0 Å². The normalized spacial score (nSPS) is 10.3. The van der Waals surface area contributed by atoms with Gasteiger partial charge >= 0.3 is 0 Å². The predicted octanol–water partition coefficient (Wildman–Crippen LogP) is 4.61. The van der Waals surface area contributed by atoms with Crippen LogP contribution in [0, 0.1) is 6.92 Å². The van der Waals surface area contributed by atoms with Crippen molar-refractivity contribution in [3.63, 3.8) is 0 Å². The lowest BCUT2D eigenvalue weighted by Gasteiger charge is -2.16. The van der Waals surface area contributed by atoms with Crippen LogP contribution in [0.4, 0.5) is 0 Å². The van der Waals surface area contributed by atoms with Crippen molar-refractivity contribution >= 4 is 11.8 Å². The van der Waals surface area contributed by atoms with Gasteiger partial charge in [0.1, 0.15) is 5.75 Å². The summed E-state index contributed by atoms with van der Waals surface area (Å²) in [5.41, 5.74) is 4.22. The van der Waals surface area contributed by atoms with E-state index in [1.807, 2.05) is 61.8 Å². The summed E-state index contributed by atoms with van der Waals surface area (Å²) in [6, 6.07) is 26.8. The molecule has 0 atom stereocenters. The van der Waals surface area contributed by atoms with E-state index in [0.29, 0.717) is 24.2 Å². The van der Waals surface area contributed by atoms with Gasteiger partial charge in [0.25, 0.3) is 11.8 Å². The molecular weight excluding hydrogens is 502 g/mol. The topological polar surface area (TPSA) is 88.5 Å². The maximum absolute atomic E-state index is 12.8. The van der Waals surface area contributed by atoms with E-state index >= 15 is 0 Å². The van der Waals surface area contributed by atoms with Gasteiger partial charge in [0.15, 0.2) is 0 Å². The second-order valence-corrected chi connectivity index (χ2v) is 9.52. The SMILES string of the molecule is COc1cccc(CNCCCNC(=O)c2cccc(C(=O)N(C)Cc3ccn(C)n3)c2)c1.Cc1ccccc1. The lowest BCUT2D eigenvalue weighted by atomic mass is 10.1. The fourth-order valence-electron chi connectivity index (χ4n) is 3.94. The zero-order chi connectivity index (χ0) is 28.7. The third-order valence-corrected chi connectivity index (χ3v) is 6.11. The largest absolute Gasteiger partial charge is 0.497 e. The van der Waals surface area contributed by atoms with E-state index in [-0.39, 0.29) is 11.8 Å². The molecule has 1 aromatic heterocycles. The number of methoxy groups -OCH3 is 1. The molecule has 0 radical (unpaired) electrons. The Hall–Kier alpha value is -4.43. The molecule has 0 saturated heterocycles. The summed E-state index contributed by atoms with van der Waals surface area (Å²) in [5.74, 6) is 0.493. The lowest BCUT2D eigenvalue weighted by Crippen LogP contribution is -2.29. The molecule has 0 aliphatic rings. The summed E-state index contributed by atoms with van der Waals surface area (Å²) in [4.78, 5) is 26.9. The van der Waals surface area contributed by atoms with Crippen molar-refractivity contribution < 1.29 is 14.3 Å². The first kappa shape index (κ1) is 30.1. The molecule has 40 heavy (non-hydrogen) atoms. The first-order chi connectivity index (χ1) is 19.4. The number of nitrogens with zero attached hydrogens (tertiary/aromatic N) is 3. The number of carbonyl (C=O) groups excluding carboxylic acids is 2. The van der Waals surface area contributed by atoms with Gasteiger partial charge in [-0.3, -0.25) is 14.3 Å². The van der Waals surface area contributed by atoms with Crippen molar-refractivity contribution in [2.45, 2.75) is 26.4 Å². The van der Waals surface area contributed by atoms with Crippen LogP contribution in [-0.2, 0) is 20.1 Å². The number of rotatable bonds is 11. The Morgan fingerprint density at radius 3 is 2.35 bits per heavy atom. The average Bonchev–Trinajstić information content (AvgIpc) is 3.39. The molecule has 2 N–H and O–H groups in total. The number of aryl methyl sites for hydroxylation is 2. The van der Waals surface area contributed by atoms with Gasteiger partial charge in [0.05, 0.1) is 19.3 Å². The number of nitrogens with one attached hydrogen (secondary N) is 2. The number of amides is 2.